The van der Waals surface area contributed by atoms with E-state index in [0.717, 1.165) is 10.2 Å². The minimum absolute atomic E-state index is 0.172. The molecule has 1 aromatic heterocycles. The molecule has 0 atom stereocenters. The van der Waals surface area contributed by atoms with Crippen LogP contribution in [0, 0.1) is 0 Å². The van der Waals surface area contributed by atoms with Crippen LogP contribution in [-0.2, 0) is 10.0 Å². The number of piperazine rings is 1. The van der Waals surface area contributed by atoms with E-state index in [4.69, 9.17) is 0 Å². The average molecular weight is 334 g/mol. The van der Waals surface area contributed by atoms with Crippen molar-refractivity contribution in [3.05, 3.63) is 22.9 Å². The zero-order chi connectivity index (χ0) is 13.2. The highest BCUT2D eigenvalue weighted by molar-refractivity contribution is 9.10. The quantitative estimate of drug-likeness (QED) is 0.837. The predicted molar refractivity (Wildman–Crippen MR) is 75.2 cm³/mol. The maximum Gasteiger partial charge on any atom is 0.213 e. The van der Waals surface area contributed by atoms with Crippen molar-refractivity contribution in [1.29, 1.82) is 0 Å². The highest BCUT2D eigenvalue weighted by Crippen LogP contribution is 2.20. The van der Waals surface area contributed by atoms with Crippen LogP contribution in [0.1, 0.15) is 6.92 Å². The molecule has 0 radical (unpaired) electrons. The topological polar surface area (TPSA) is 53.5 Å². The van der Waals surface area contributed by atoms with Gasteiger partial charge in [0.05, 0.1) is 17.6 Å². The zero-order valence-corrected chi connectivity index (χ0v) is 12.6. The summed E-state index contributed by atoms with van der Waals surface area (Å²) in [7, 11) is -3.05. The molecule has 1 aliphatic rings. The molecule has 0 bridgehead atoms. The molecule has 0 spiro atoms. The van der Waals surface area contributed by atoms with E-state index in [0.29, 0.717) is 26.2 Å². The largest absolute Gasteiger partial charge is 0.368 e. The van der Waals surface area contributed by atoms with Crippen molar-refractivity contribution in [2.75, 3.05) is 36.8 Å². The average Bonchev–Trinajstić information content (AvgIpc) is 2.39. The maximum atomic E-state index is 11.7. The number of pyridine rings is 1. The first-order chi connectivity index (χ1) is 8.53. The Morgan fingerprint density at radius 1 is 1.28 bits per heavy atom. The number of nitrogens with zero attached hydrogens (tertiary/aromatic N) is 3. The molecule has 0 unspecified atom stereocenters. The van der Waals surface area contributed by atoms with Gasteiger partial charge in [0.2, 0.25) is 10.0 Å². The smallest absolute Gasteiger partial charge is 0.213 e. The minimum Gasteiger partial charge on any atom is -0.368 e. The molecular weight excluding hydrogens is 318 g/mol. The monoisotopic (exact) mass is 333 g/mol. The predicted octanol–water partition coefficient (Wildman–Crippen LogP) is 1.32. The zero-order valence-electron chi connectivity index (χ0n) is 10.2. The Hall–Kier alpha value is -0.660. The van der Waals surface area contributed by atoms with Gasteiger partial charge in [-0.25, -0.2) is 8.42 Å². The minimum atomic E-state index is -3.05. The summed E-state index contributed by atoms with van der Waals surface area (Å²) in [5.41, 5.74) is 1.03. The molecule has 7 heteroatoms. The lowest BCUT2D eigenvalue weighted by atomic mass is 10.3. The maximum absolute atomic E-state index is 11.7. The Balaban J connectivity index is 2.03. The molecule has 1 fully saturated rings. The van der Waals surface area contributed by atoms with Gasteiger partial charge in [-0.2, -0.15) is 4.31 Å². The van der Waals surface area contributed by atoms with E-state index >= 15 is 0 Å². The Morgan fingerprint density at radius 3 is 2.50 bits per heavy atom. The van der Waals surface area contributed by atoms with Crippen LogP contribution in [0.2, 0.25) is 0 Å². The van der Waals surface area contributed by atoms with E-state index in [9.17, 15) is 8.42 Å². The highest BCUT2D eigenvalue weighted by atomic mass is 79.9. The summed E-state index contributed by atoms with van der Waals surface area (Å²) in [4.78, 5) is 6.28. The summed E-state index contributed by atoms with van der Waals surface area (Å²) in [5.74, 6) is 0.172. The molecular formula is C11H16BrN3O2S. The third-order valence-corrected chi connectivity index (χ3v) is 5.37. The summed E-state index contributed by atoms with van der Waals surface area (Å²) < 4.78 is 26.0. The van der Waals surface area contributed by atoms with Gasteiger partial charge in [-0.1, -0.05) is 0 Å². The number of anilines is 1. The van der Waals surface area contributed by atoms with E-state index in [1.807, 2.05) is 6.07 Å². The Kier molecular flexibility index (Phi) is 4.24. The van der Waals surface area contributed by atoms with Crippen LogP contribution in [0.4, 0.5) is 5.69 Å². The summed E-state index contributed by atoms with van der Waals surface area (Å²) >= 11 is 3.39. The molecule has 0 amide bonds. The molecule has 2 heterocycles. The molecule has 0 aliphatic carbocycles. The van der Waals surface area contributed by atoms with E-state index in [1.165, 1.54) is 0 Å². The Bertz CT molecular complexity index is 513. The number of hydrogen-bond acceptors (Lipinski definition) is 4. The second-order valence-electron chi connectivity index (χ2n) is 4.15. The van der Waals surface area contributed by atoms with Crippen molar-refractivity contribution in [2.24, 2.45) is 0 Å². The van der Waals surface area contributed by atoms with Gasteiger partial charge in [-0.3, -0.25) is 4.98 Å². The first-order valence-electron chi connectivity index (χ1n) is 5.86. The number of rotatable bonds is 3. The molecule has 0 N–H and O–H groups in total. The van der Waals surface area contributed by atoms with Gasteiger partial charge in [0.15, 0.2) is 0 Å². The number of sulfonamides is 1. The fourth-order valence-electron chi connectivity index (χ4n) is 1.98. The lowest BCUT2D eigenvalue weighted by molar-refractivity contribution is 0.385. The highest BCUT2D eigenvalue weighted by Gasteiger charge is 2.25. The third-order valence-electron chi connectivity index (χ3n) is 3.05. The summed E-state index contributed by atoms with van der Waals surface area (Å²) in [6.07, 6.45) is 3.54. The van der Waals surface area contributed by atoms with E-state index in [2.05, 4.69) is 25.8 Å². The van der Waals surface area contributed by atoms with Crippen LogP contribution in [0.15, 0.2) is 22.9 Å². The molecule has 5 nitrogen and oxygen atoms in total. The molecule has 0 saturated carbocycles. The van der Waals surface area contributed by atoms with Crippen molar-refractivity contribution in [3.8, 4) is 0 Å². The van der Waals surface area contributed by atoms with Crippen molar-refractivity contribution in [2.45, 2.75) is 6.92 Å². The molecule has 1 aromatic rings. The summed E-state index contributed by atoms with van der Waals surface area (Å²) in [6, 6.07) is 2.00. The van der Waals surface area contributed by atoms with Gasteiger partial charge in [0.1, 0.15) is 0 Å². The SMILES string of the molecule is CCS(=O)(=O)N1CCN(c2cncc(Br)c2)CC1. The second-order valence-corrected chi connectivity index (χ2v) is 7.32. The first kappa shape index (κ1) is 13.8. The van der Waals surface area contributed by atoms with Crippen LogP contribution >= 0.6 is 15.9 Å². The van der Waals surface area contributed by atoms with E-state index in [-0.39, 0.29) is 5.75 Å². The summed E-state index contributed by atoms with van der Waals surface area (Å²) in [5, 5.41) is 0. The molecule has 1 aliphatic heterocycles. The van der Waals surface area contributed by atoms with Gasteiger partial charge in [0, 0.05) is 36.8 Å². The standard InChI is InChI=1S/C11H16BrN3O2S/c1-2-18(16,17)15-5-3-14(4-6-15)11-7-10(12)8-13-9-11/h7-9H,2-6H2,1H3. The van der Waals surface area contributed by atoms with Crippen LogP contribution in [0.5, 0.6) is 0 Å². The number of aromatic nitrogens is 1. The van der Waals surface area contributed by atoms with Gasteiger partial charge >= 0.3 is 0 Å². The molecule has 1 saturated heterocycles. The molecule has 100 valence electrons. The van der Waals surface area contributed by atoms with Crippen LogP contribution < -0.4 is 4.90 Å². The van der Waals surface area contributed by atoms with Gasteiger partial charge in [-0.05, 0) is 28.9 Å². The number of halogens is 1. The molecule has 18 heavy (non-hydrogen) atoms. The van der Waals surface area contributed by atoms with Crippen LogP contribution in [0.3, 0.4) is 0 Å². The summed E-state index contributed by atoms with van der Waals surface area (Å²) in [6.45, 7) is 4.18. The second kappa shape index (κ2) is 5.54. The first-order valence-corrected chi connectivity index (χ1v) is 8.26. The fraction of sp³-hybridized carbons (Fsp3) is 0.545. The van der Waals surface area contributed by atoms with Crippen LogP contribution in [0.25, 0.3) is 0 Å². The van der Waals surface area contributed by atoms with Crippen molar-refractivity contribution >= 4 is 31.6 Å². The third kappa shape index (κ3) is 3.02. The van der Waals surface area contributed by atoms with Crippen molar-refractivity contribution < 1.29 is 8.42 Å². The number of hydrogen-bond donors (Lipinski definition) is 0. The van der Waals surface area contributed by atoms with Gasteiger partial charge in [-0.15, -0.1) is 0 Å². The fourth-order valence-corrected chi connectivity index (χ4v) is 3.42. The van der Waals surface area contributed by atoms with E-state index in [1.54, 1.807) is 23.6 Å². The van der Waals surface area contributed by atoms with Gasteiger partial charge < -0.3 is 4.90 Å². The Labute approximate surface area is 116 Å². The van der Waals surface area contributed by atoms with Crippen molar-refractivity contribution in [1.82, 2.24) is 9.29 Å². The van der Waals surface area contributed by atoms with Crippen LogP contribution in [-0.4, -0.2) is 49.6 Å². The van der Waals surface area contributed by atoms with E-state index < -0.39 is 10.0 Å². The lowest BCUT2D eigenvalue weighted by Crippen LogP contribution is -2.49. The molecule has 0 aromatic carbocycles. The van der Waals surface area contributed by atoms with Gasteiger partial charge in [0.25, 0.3) is 0 Å². The lowest BCUT2D eigenvalue weighted by Gasteiger charge is -2.35. The van der Waals surface area contributed by atoms with Crippen molar-refractivity contribution in [3.63, 3.8) is 0 Å². The normalized spacial score (nSPS) is 18.0. The molecule has 2 rings (SSSR count). The Morgan fingerprint density at radius 2 is 1.94 bits per heavy atom.